The van der Waals surface area contributed by atoms with E-state index in [1.807, 2.05) is 24.3 Å². The van der Waals surface area contributed by atoms with Gasteiger partial charge in [-0.05, 0) is 48.2 Å². The van der Waals surface area contributed by atoms with Gasteiger partial charge < -0.3 is 5.11 Å². The van der Waals surface area contributed by atoms with Crippen LogP contribution in [-0.4, -0.2) is 17.2 Å². The molecule has 2 aromatic rings. The van der Waals surface area contributed by atoms with E-state index in [0.29, 0.717) is 11.4 Å². The summed E-state index contributed by atoms with van der Waals surface area (Å²) in [7, 11) is 0. The van der Waals surface area contributed by atoms with E-state index >= 15 is 0 Å². The van der Waals surface area contributed by atoms with Crippen molar-refractivity contribution in [2.24, 2.45) is 5.10 Å². The predicted octanol–water partition coefficient (Wildman–Crippen LogP) is 3.52. The van der Waals surface area contributed by atoms with Gasteiger partial charge >= 0.3 is 0 Å². The molecule has 0 fully saturated rings. The molecule has 0 aliphatic heterocycles. The fourth-order valence-electron chi connectivity index (χ4n) is 1.94. The number of amides is 1. The van der Waals surface area contributed by atoms with Crippen molar-refractivity contribution in [3.8, 4) is 5.75 Å². The third kappa shape index (κ3) is 5.58. The minimum Gasteiger partial charge on any atom is -0.508 e. The minimum atomic E-state index is -0.128. The second-order valence-electron chi connectivity index (χ2n) is 4.87. The van der Waals surface area contributed by atoms with Gasteiger partial charge in [-0.1, -0.05) is 35.9 Å². The van der Waals surface area contributed by atoms with Crippen LogP contribution in [0.1, 0.15) is 24.0 Å². The van der Waals surface area contributed by atoms with Crippen LogP contribution in [0.4, 0.5) is 0 Å². The van der Waals surface area contributed by atoms with E-state index in [1.54, 1.807) is 30.5 Å². The number of carbonyl (C=O) groups is 1. The van der Waals surface area contributed by atoms with E-state index < -0.39 is 0 Å². The van der Waals surface area contributed by atoms with Gasteiger partial charge in [0.05, 0.1) is 6.21 Å². The molecule has 0 aliphatic rings. The molecule has 0 aliphatic carbocycles. The lowest BCUT2D eigenvalue weighted by molar-refractivity contribution is -0.121. The Balaban J connectivity index is 1.70. The standard InChI is InChI=1S/C17H17ClN2O2/c18-15-5-1-4-14(11-15)12-19-20-17(22)6-2-3-13-7-9-16(21)10-8-13/h1,4-5,7-12,21H,2-3,6H2,(H,20,22). The van der Waals surface area contributed by atoms with Crippen LogP contribution in [0.25, 0.3) is 0 Å². The van der Waals surface area contributed by atoms with Crippen molar-refractivity contribution in [3.05, 3.63) is 64.7 Å². The molecule has 2 aromatic carbocycles. The summed E-state index contributed by atoms with van der Waals surface area (Å²) in [5.41, 5.74) is 4.41. The highest BCUT2D eigenvalue weighted by atomic mass is 35.5. The van der Waals surface area contributed by atoms with Crippen molar-refractivity contribution in [3.63, 3.8) is 0 Å². The van der Waals surface area contributed by atoms with Crippen LogP contribution in [0.5, 0.6) is 5.75 Å². The lowest BCUT2D eigenvalue weighted by Gasteiger charge is -2.02. The molecule has 0 unspecified atom stereocenters. The highest BCUT2D eigenvalue weighted by Gasteiger charge is 2.00. The Labute approximate surface area is 134 Å². The molecule has 2 rings (SSSR count). The molecule has 0 atom stereocenters. The van der Waals surface area contributed by atoms with Gasteiger partial charge in [0, 0.05) is 11.4 Å². The smallest absolute Gasteiger partial charge is 0.240 e. The Hall–Kier alpha value is -2.33. The first-order valence-electron chi connectivity index (χ1n) is 6.99. The molecule has 0 heterocycles. The summed E-state index contributed by atoms with van der Waals surface area (Å²) < 4.78 is 0. The van der Waals surface area contributed by atoms with Crippen molar-refractivity contribution >= 4 is 23.7 Å². The normalized spacial score (nSPS) is 10.8. The molecular formula is C17H17ClN2O2. The van der Waals surface area contributed by atoms with Crippen LogP contribution >= 0.6 is 11.6 Å². The average molecular weight is 317 g/mol. The van der Waals surface area contributed by atoms with Crippen LogP contribution in [0.2, 0.25) is 5.02 Å². The molecular weight excluding hydrogens is 300 g/mol. The number of phenols is 1. The zero-order chi connectivity index (χ0) is 15.8. The number of benzene rings is 2. The van der Waals surface area contributed by atoms with Gasteiger partial charge in [-0.15, -0.1) is 0 Å². The summed E-state index contributed by atoms with van der Waals surface area (Å²) in [6.07, 6.45) is 3.46. The Kier molecular flexibility index (Phi) is 5.98. The molecule has 114 valence electrons. The number of hydrogen-bond donors (Lipinski definition) is 2. The van der Waals surface area contributed by atoms with Crippen molar-refractivity contribution in [1.29, 1.82) is 0 Å². The molecule has 0 bridgehead atoms. The molecule has 4 nitrogen and oxygen atoms in total. The number of nitrogens with one attached hydrogen (secondary N) is 1. The largest absolute Gasteiger partial charge is 0.508 e. The first-order valence-corrected chi connectivity index (χ1v) is 7.36. The minimum absolute atomic E-state index is 0.128. The van der Waals surface area contributed by atoms with Gasteiger partial charge in [0.25, 0.3) is 0 Å². The maximum atomic E-state index is 11.7. The number of phenolic OH excluding ortho intramolecular Hbond substituents is 1. The van der Waals surface area contributed by atoms with Crippen LogP contribution in [-0.2, 0) is 11.2 Å². The van der Waals surface area contributed by atoms with Crippen molar-refractivity contribution in [1.82, 2.24) is 5.43 Å². The number of carbonyl (C=O) groups excluding carboxylic acids is 1. The molecule has 5 heteroatoms. The Bertz CT molecular complexity index is 654. The molecule has 1 amide bonds. The zero-order valence-electron chi connectivity index (χ0n) is 12.0. The highest BCUT2D eigenvalue weighted by molar-refractivity contribution is 6.30. The zero-order valence-corrected chi connectivity index (χ0v) is 12.8. The summed E-state index contributed by atoms with van der Waals surface area (Å²) in [4.78, 5) is 11.7. The molecule has 0 aromatic heterocycles. The maximum absolute atomic E-state index is 11.7. The predicted molar refractivity (Wildman–Crippen MR) is 88.2 cm³/mol. The van der Waals surface area contributed by atoms with E-state index in [1.165, 1.54) is 0 Å². The maximum Gasteiger partial charge on any atom is 0.240 e. The topological polar surface area (TPSA) is 61.7 Å². The monoisotopic (exact) mass is 316 g/mol. The van der Waals surface area contributed by atoms with Gasteiger partial charge in [0.1, 0.15) is 5.75 Å². The number of aromatic hydroxyl groups is 1. The Morgan fingerprint density at radius 1 is 1.23 bits per heavy atom. The third-order valence-corrected chi connectivity index (χ3v) is 3.29. The molecule has 0 radical (unpaired) electrons. The average Bonchev–Trinajstić information content (AvgIpc) is 2.49. The second kappa shape index (κ2) is 8.20. The lowest BCUT2D eigenvalue weighted by Crippen LogP contribution is -2.17. The van der Waals surface area contributed by atoms with E-state index in [4.69, 9.17) is 11.6 Å². The second-order valence-corrected chi connectivity index (χ2v) is 5.30. The number of nitrogens with zero attached hydrogens (tertiary/aromatic N) is 1. The van der Waals surface area contributed by atoms with E-state index in [-0.39, 0.29) is 11.7 Å². The summed E-state index contributed by atoms with van der Waals surface area (Å²) in [5, 5.41) is 13.7. The summed E-state index contributed by atoms with van der Waals surface area (Å²) in [5.74, 6) is 0.119. The molecule has 0 saturated heterocycles. The van der Waals surface area contributed by atoms with Crippen molar-refractivity contribution in [2.45, 2.75) is 19.3 Å². The summed E-state index contributed by atoms with van der Waals surface area (Å²) in [6.45, 7) is 0. The van der Waals surface area contributed by atoms with Gasteiger partial charge in [-0.3, -0.25) is 4.79 Å². The Morgan fingerprint density at radius 2 is 2.00 bits per heavy atom. The third-order valence-electron chi connectivity index (χ3n) is 3.06. The van der Waals surface area contributed by atoms with E-state index in [9.17, 15) is 9.90 Å². The van der Waals surface area contributed by atoms with Crippen LogP contribution in [0.15, 0.2) is 53.6 Å². The van der Waals surface area contributed by atoms with Gasteiger partial charge in [0.15, 0.2) is 0 Å². The number of halogens is 1. The first kappa shape index (κ1) is 16.0. The van der Waals surface area contributed by atoms with Crippen molar-refractivity contribution in [2.75, 3.05) is 0 Å². The lowest BCUT2D eigenvalue weighted by atomic mass is 10.1. The fourth-order valence-corrected chi connectivity index (χ4v) is 2.14. The first-order chi connectivity index (χ1) is 10.6. The number of hydrazone groups is 1. The quantitative estimate of drug-likeness (QED) is 0.632. The van der Waals surface area contributed by atoms with Crippen LogP contribution in [0, 0.1) is 0 Å². The van der Waals surface area contributed by atoms with Crippen LogP contribution in [0.3, 0.4) is 0 Å². The summed E-state index contributed by atoms with van der Waals surface area (Å²) in [6, 6.07) is 14.2. The van der Waals surface area contributed by atoms with Gasteiger partial charge in [0.2, 0.25) is 5.91 Å². The SMILES string of the molecule is O=C(CCCc1ccc(O)cc1)NN=Cc1cccc(Cl)c1. The molecule has 22 heavy (non-hydrogen) atoms. The number of aryl methyl sites for hydroxylation is 1. The van der Waals surface area contributed by atoms with Gasteiger partial charge in [-0.2, -0.15) is 5.10 Å². The van der Waals surface area contributed by atoms with E-state index in [0.717, 1.165) is 24.0 Å². The number of hydrogen-bond acceptors (Lipinski definition) is 3. The number of rotatable bonds is 6. The molecule has 0 saturated carbocycles. The highest BCUT2D eigenvalue weighted by Crippen LogP contribution is 2.12. The van der Waals surface area contributed by atoms with Crippen molar-refractivity contribution < 1.29 is 9.90 Å². The Morgan fingerprint density at radius 3 is 2.73 bits per heavy atom. The molecule has 0 spiro atoms. The van der Waals surface area contributed by atoms with E-state index in [2.05, 4.69) is 10.5 Å². The van der Waals surface area contributed by atoms with Crippen LogP contribution < -0.4 is 5.43 Å². The molecule has 2 N–H and O–H groups in total. The van der Waals surface area contributed by atoms with Gasteiger partial charge in [-0.25, -0.2) is 5.43 Å². The fraction of sp³-hybridized carbons (Fsp3) is 0.176. The summed E-state index contributed by atoms with van der Waals surface area (Å²) >= 11 is 5.86.